The Morgan fingerprint density at radius 2 is 0.440 bits per heavy atom. The van der Waals surface area contributed by atoms with Crippen LogP contribution in [0.2, 0.25) is 0 Å². The third kappa shape index (κ3) is 4.39. The van der Waals surface area contributed by atoms with E-state index in [0.29, 0.717) is 43.8 Å². The fraction of sp³-hybridized carbons (Fsp3) is 0. The lowest BCUT2D eigenvalue weighted by atomic mass is 9.81. The van der Waals surface area contributed by atoms with Gasteiger partial charge in [0.15, 0.2) is 21.7 Å². The molecule has 234 valence electrons. The van der Waals surface area contributed by atoms with Crippen LogP contribution in [0.15, 0.2) is 177 Å². The molecule has 4 nitrogen and oxygen atoms in total. The van der Waals surface area contributed by atoms with Crippen molar-refractivity contribution in [2.45, 2.75) is 0 Å². The molecule has 0 aromatic heterocycles. The van der Waals surface area contributed by atoms with Crippen molar-refractivity contribution in [3.8, 4) is 44.5 Å². The average Bonchev–Trinajstić information content (AvgIpc) is 3.16. The predicted molar refractivity (Wildman–Crippen MR) is 206 cm³/mol. The third-order valence-electron chi connectivity index (χ3n) is 9.74. The van der Waals surface area contributed by atoms with E-state index in [1.165, 1.54) is 24.3 Å². The molecule has 9 aromatic carbocycles. The number of fused-ring (bicyclic) bond motifs is 4. The summed E-state index contributed by atoms with van der Waals surface area (Å²) in [7, 11) is 0. The second kappa shape index (κ2) is 11.4. The standard InChI is InChI=1S/C46H26O4/c47-35-21-22-36(48)44-40(28-15-7-2-8-16-28)32-26-34-33(25-31(32)39(43(35)44)27-13-5-1-6-14-27)41(29-17-9-3-10-18-29)45-37(49)23-24-38(50)46(45)42(34)30-19-11-4-12-20-30/h1-26H. The lowest BCUT2D eigenvalue weighted by molar-refractivity contribution is 1.57. The second-order valence-electron chi connectivity index (χ2n) is 12.5. The SMILES string of the molecule is O=c1ccc(=O)c2c(-c3ccccc3)c3cc4c(-c5ccccc5)c5c(=O)ccc(=O)c5c(-c5ccccc5)c4cc3c(-c3ccccc3)c12. The van der Waals surface area contributed by atoms with Gasteiger partial charge in [-0.15, -0.1) is 0 Å². The number of benzene rings is 9. The molecular formula is C46H26O4. The van der Waals surface area contributed by atoms with Crippen molar-refractivity contribution >= 4 is 43.1 Å². The lowest BCUT2D eigenvalue weighted by Crippen LogP contribution is -2.13. The zero-order valence-electron chi connectivity index (χ0n) is 26.6. The van der Waals surface area contributed by atoms with E-state index < -0.39 is 0 Å². The van der Waals surface area contributed by atoms with E-state index >= 15 is 0 Å². The first-order valence-corrected chi connectivity index (χ1v) is 16.4. The molecule has 4 heteroatoms. The Balaban J connectivity index is 1.66. The Morgan fingerprint density at radius 3 is 0.640 bits per heavy atom. The zero-order valence-corrected chi connectivity index (χ0v) is 26.6. The summed E-state index contributed by atoms with van der Waals surface area (Å²) in [5.41, 5.74) is 4.79. The van der Waals surface area contributed by atoms with Crippen LogP contribution < -0.4 is 21.7 Å². The molecule has 0 N–H and O–H groups in total. The Morgan fingerprint density at radius 1 is 0.240 bits per heavy atom. The van der Waals surface area contributed by atoms with Crippen molar-refractivity contribution in [2.75, 3.05) is 0 Å². The van der Waals surface area contributed by atoms with Crippen LogP contribution in [0.4, 0.5) is 0 Å². The summed E-state index contributed by atoms with van der Waals surface area (Å²) in [6.45, 7) is 0. The topological polar surface area (TPSA) is 68.3 Å². The molecule has 0 bridgehead atoms. The second-order valence-corrected chi connectivity index (χ2v) is 12.5. The van der Waals surface area contributed by atoms with E-state index in [9.17, 15) is 19.2 Å². The van der Waals surface area contributed by atoms with Gasteiger partial charge in [-0.1, -0.05) is 121 Å². The fourth-order valence-electron chi connectivity index (χ4n) is 7.71. The monoisotopic (exact) mass is 642 g/mol. The van der Waals surface area contributed by atoms with Crippen LogP contribution in [-0.4, -0.2) is 0 Å². The summed E-state index contributed by atoms with van der Waals surface area (Å²) in [4.78, 5) is 55.9. The predicted octanol–water partition coefficient (Wildman–Crippen LogP) is 9.28. The highest BCUT2D eigenvalue weighted by Crippen LogP contribution is 2.48. The van der Waals surface area contributed by atoms with E-state index in [2.05, 4.69) is 12.1 Å². The Hall–Kier alpha value is -6.78. The highest BCUT2D eigenvalue weighted by atomic mass is 16.1. The summed E-state index contributed by atoms with van der Waals surface area (Å²) >= 11 is 0. The van der Waals surface area contributed by atoms with Gasteiger partial charge in [-0.2, -0.15) is 0 Å². The maximum atomic E-state index is 14.0. The van der Waals surface area contributed by atoms with Crippen molar-refractivity contribution in [3.05, 3.63) is 199 Å². The number of rotatable bonds is 4. The van der Waals surface area contributed by atoms with Crippen LogP contribution in [0.25, 0.3) is 87.6 Å². The molecule has 0 radical (unpaired) electrons. The van der Waals surface area contributed by atoms with Gasteiger partial charge in [0.2, 0.25) is 0 Å². The molecule has 9 rings (SSSR count). The minimum Gasteiger partial charge on any atom is -0.289 e. The van der Waals surface area contributed by atoms with E-state index in [0.717, 1.165) is 43.8 Å². The molecule has 0 saturated carbocycles. The number of hydrogen-bond donors (Lipinski definition) is 0. The maximum absolute atomic E-state index is 14.0. The minimum absolute atomic E-state index is 0.248. The maximum Gasteiger partial charge on any atom is 0.187 e. The summed E-state index contributed by atoms with van der Waals surface area (Å²) in [5.74, 6) is 0. The summed E-state index contributed by atoms with van der Waals surface area (Å²) in [6.07, 6.45) is 0. The van der Waals surface area contributed by atoms with Gasteiger partial charge >= 0.3 is 0 Å². The van der Waals surface area contributed by atoms with Gasteiger partial charge in [0.25, 0.3) is 0 Å². The Kier molecular flexibility index (Phi) is 6.71. The minimum atomic E-state index is -0.248. The molecule has 0 spiro atoms. The van der Waals surface area contributed by atoms with Crippen LogP contribution in [0.3, 0.4) is 0 Å². The van der Waals surface area contributed by atoms with Gasteiger partial charge < -0.3 is 0 Å². The van der Waals surface area contributed by atoms with E-state index in [4.69, 9.17) is 0 Å². The van der Waals surface area contributed by atoms with Crippen molar-refractivity contribution in [3.63, 3.8) is 0 Å². The van der Waals surface area contributed by atoms with Crippen molar-refractivity contribution < 1.29 is 0 Å². The first-order valence-electron chi connectivity index (χ1n) is 16.4. The molecule has 0 amide bonds. The molecule has 0 aliphatic rings. The van der Waals surface area contributed by atoms with Crippen molar-refractivity contribution in [1.82, 2.24) is 0 Å². The van der Waals surface area contributed by atoms with Gasteiger partial charge in [0, 0.05) is 43.8 Å². The molecule has 9 aromatic rings. The molecule has 0 unspecified atom stereocenters. The molecular weight excluding hydrogens is 617 g/mol. The lowest BCUT2D eigenvalue weighted by Gasteiger charge is -2.21. The first-order chi connectivity index (χ1) is 24.5. The summed E-state index contributed by atoms with van der Waals surface area (Å²) in [5, 5.41) is 4.46. The van der Waals surface area contributed by atoms with Gasteiger partial charge in [0.05, 0.1) is 0 Å². The van der Waals surface area contributed by atoms with Gasteiger partial charge in [-0.05, 0) is 80.2 Å². The van der Waals surface area contributed by atoms with Crippen molar-refractivity contribution in [2.24, 2.45) is 0 Å². The molecule has 0 aliphatic heterocycles. The highest BCUT2D eigenvalue weighted by molar-refractivity contribution is 6.28. The van der Waals surface area contributed by atoms with E-state index in [1.54, 1.807) is 0 Å². The molecule has 0 atom stereocenters. The third-order valence-corrected chi connectivity index (χ3v) is 9.74. The van der Waals surface area contributed by atoms with Gasteiger partial charge in [-0.25, -0.2) is 0 Å². The fourth-order valence-corrected chi connectivity index (χ4v) is 7.71. The molecule has 0 aliphatic carbocycles. The Bertz CT molecular complexity index is 2610. The summed E-state index contributed by atoms with van der Waals surface area (Å²) < 4.78 is 0. The van der Waals surface area contributed by atoms with Crippen LogP contribution in [0, 0.1) is 0 Å². The molecule has 0 saturated heterocycles. The van der Waals surface area contributed by atoms with E-state index in [1.807, 2.05) is 121 Å². The van der Waals surface area contributed by atoms with Gasteiger partial charge in [0.1, 0.15) is 0 Å². The largest absolute Gasteiger partial charge is 0.289 e. The molecule has 0 fully saturated rings. The molecule has 50 heavy (non-hydrogen) atoms. The Labute approximate surface area is 285 Å². The van der Waals surface area contributed by atoms with Crippen LogP contribution in [0.5, 0.6) is 0 Å². The smallest absolute Gasteiger partial charge is 0.187 e. The highest BCUT2D eigenvalue weighted by Gasteiger charge is 2.25. The van der Waals surface area contributed by atoms with E-state index in [-0.39, 0.29) is 21.7 Å². The summed E-state index contributed by atoms with van der Waals surface area (Å²) in [6, 6.07) is 48.1. The first kappa shape index (κ1) is 29.4. The van der Waals surface area contributed by atoms with Crippen LogP contribution in [0.1, 0.15) is 0 Å². The molecule has 0 heterocycles. The normalized spacial score (nSPS) is 11.5. The van der Waals surface area contributed by atoms with Crippen LogP contribution in [-0.2, 0) is 0 Å². The van der Waals surface area contributed by atoms with Gasteiger partial charge in [-0.3, -0.25) is 19.2 Å². The number of hydrogen-bond acceptors (Lipinski definition) is 4. The van der Waals surface area contributed by atoms with Crippen molar-refractivity contribution in [1.29, 1.82) is 0 Å². The average molecular weight is 643 g/mol. The quantitative estimate of drug-likeness (QED) is 0.180. The zero-order chi connectivity index (χ0) is 33.9. The van der Waals surface area contributed by atoms with Crippen LogP contribution >= 0.6 is 0 Å².